The van der Waals surface area contributed by atoms with Crippen LogP contribution in [0.3, 0.4) is 0 Å². The minimum absolute atomic E-state index is 0.0490. The van der Waals surface area contributed by atoms with Gasteiger partial charge >= 0.3 is 6.18 Å². The van der Waals surface area contributed by atoms with E-state index in [1.807, 2.05) is 0 Å². The fraction of sp³-hybridized carbons (Fsp3) is 0.438. The first kappa shape index (κ1) is 20.1. The fourth-order valence-corrected chi connectivity index (χ4v) is 4.39. The molecule has 148 valence electrons. The molecule has 0 atom stereocenters. The summed E-state index contributed by atoms with van der Waals surface area (Å²) in [6, 6.07) is 2.95. The highest BCUT2D eigenvalue weighted by molar-refractivity contribution is 7.89. The summed E-state index contributed by atoms with van der Waals surface area (Å²) in [6.45, 7) is -0.213. The van der Waals surface area contributed by atoms with Gasteiger partial charge in [-0.15, -0.1) is 0 Å². The van der Waals surface area contributed by atoms with Gasteiger partial charge in [-0.05, 0) is 43.9 Å². The van der Waals surface area contributed by atoms with Crippen molar-refractivity contribution in [2.75, 3.05) is 6.54 Å². The summed E-state index contributed by atoms with van der Waals surface area (Å²) in [7, 11) is -3.98. The second kappa shape index (κ2) is 7.40. The Bertz CT molecular complexity index is 957. The van der Waals surface area contributed by atoms with Crippen molar-refractivity contribution in [1.82, 2.24) is 14.5 Å². The van der Waals surface area contributed by atoms with Crippen molar-refractivity contribution in [2.24, 2.45) is 0 Å². The summed E-state index contributed by atoms with van der Waals surface area (Å²) < 4.78 is 80.6. The Morgan fingerprint density at radius 3 is 2.59 bits per heavy atom. The number of hydrogen-bond donors (Lipinski definition) is 1. The molecule has 0 bridgehead atoms. The van der Waals surface area contributed by atoms with E-state index in [0.29, 0.717) is 25.0 Å². The molecule has 3 rings (SSSR count). The lowest BCUT2D eigenvalue weighted by Gasteiger charge is -2.15. The van der Waals surface area contributed by atoms with Crippen LogP contribution in [0.2, 0.25) is 5.02 Å². The maximum atomic E-state index is 13.2. The van der Waals surface area contributed by atoms with Crippen LogP contribution in [0, 0.1) is 5.82 Å². The molecule has 0 unspecified atom stereocenters. The topological polar surface area (TPSA) is 64.0 Å². The number of hydrogen-bond acceptors (Lipinski definition) is 3. The summed E-state index contributed by atoms with van der Waals surface area (Å²) in [5.41, 5.74) is -0.204. The zero-order chi connectivity index (χ0) is 19.8. The molecule has 1 N–H and O–H groups in total. The Kier molecular flexibility index (Phi) is 5.51. The van der Waals surface area contributed by atoms with E-state index < -0.39 is 27.7 Å². The minimum atomic E-state index is -4.54. The highest BCUT2D eigenvalue weighted by Gasteiger charge is 2.39. The van der Waals surface area contributed by atoms with E-state index in [-0.39, 0.29) is 28.6 Å². The first-order valence-electron chi connectivity index (χ1n) is 8.20. The standard InChI is InChI=1S/C16H16ClF4N3O2S/c17-12-9-10(5-6-13(12)18)27(25,26)22-7-8-24-14-4-2-1-3-11(14)15(23-24)16(19,20)21/h5-6,9,22H,1-4,7-8H2. The zero-order valence-electron chi connectivity index (χ0n) is 14.0. The molecule has 0 aliphatic heterocycles. The number of sulfonamides is 1. The van der Waals surface area contributed by atoms with Crippen molar-refractivity contribution >= 4 is 21.6 Å². The summed E-state index contributed by atoms with van der Waals surface area (Å²) in [4.78, 5) is -0.229. The average Bonchev–Trinajstić information content (AvgIpc) is 2.96. The number of rotatable bonds is 5. The lowest BCUT2D eigenvalue weighted by Crippen LogP contribution is -2.28. The highest BCUT2D eigenvalue weighted by Crippen LogP contribution is 2.35. The van der Waals surface area contributed by atoms with Crippen LogP contribution >= 0.6 is 11.6 Å². The van der Waals surface area contributed by atoms with E-state index in [1.54, 1.807) is 0 Å². The first-order valence-corrected chi connectivity index (χ1v) is 10.1. The van der Waals surface area contributed by atoms with Crippen LogP contribution in [0.5, 0.6) is 0 Å². The Hall–Kier alpha value is -1.65. The molecule has 11 heteroatoms. The van der Waals surface area contributed by atoms with Crippen molar-refractivity contribution in [3.8, 4) is 0 Å². The lowest BCUT2D eigenvalue weighted by molar-refractivity contribution is -0.142. The number of nitrogens with one attached hydrogen (secondary N) is 1. The van der Waals surface area contributed by atoms with E-state index in [4.69, 9.17) is 11.6 Å². The Morgan fingerprint density at radius 2 is 1.93 bits per heavy atom. The molecule has 5 nitrogen and oxygen atoms in total. The second-order valence-corrected chi connectivity index (χ2v) is 8.35. The Balaban J connectivity index is 1.75. The van der Waals surface area contributed by atoms with Crippen molar-refractivity contribution in [1.29, 1.82) is 0 Å². The highest BCUT2D eigenvalue weighted by atomic mass is 35.5. The third kappa shape index (κ3) is 4.27. The third-order valence-corrected chi connectivity index (χ3v) is 6.09. The van der Waals surface area contributed by atoms with Crippen LogP contribution in [-0.4, -0.2) is 24.7 Å². The molecule has 0 radical (unpaired) electrons. The first-order chi connectivity index (χ1) is 12.6. The maximum Gasteiger partial charge on any atom is 0.435 e. The van der Waals surface area contributed by atoms with Crippen LogP contribution in [-0.2, 0) is 35.6 Å². The summed E-state index contributed by atoms with van der Waals surface area (Å²) in [6.07, 6.45) is -2.34. The Labute approximate surface area is 158 Å². The van der Waals surface area contributed by atoms with Gasteiger partial charge in [0, 0.05) is 17.8 Å². The zero-order valence-corrected chi connectivity index (χ0v) is 15.6. The van der Waals surface area contributed by atoms with Crippen molar-refractivity contribution in [3.63, 3.8) is 0 Å². The van der Waals surface area contributed by atoms with E-state index in [0.717, 1.165) is 24.6 Å². The summed E-state index contributed by atoms with van der Waals surface area (Å²) in [5, 5.41) is 3.33. The quantitative estimate of drug-likeness (QED) is 0.745. The molecule has 0 amide bonds. The molecule has 0 fully saturated rings. The van der Waals surface area contributed by atoms with Gasteiger partial charge in [0.2, 0.25) is 10.0 Å². The smallest absolute Gasteiger partial charge is 0.267 e. The predicted molar refractivity (Wildman–Crippen MR) is 90.5 cm³/mol. The molecule has 0 saturated heterocycles. The molecule has 1 aliphatic carbocycles. The van der Waals surface area contributed by atoms with Gasteiger partial charge in [0.1, 0.15) is 5.82 Å². The van der Waals surface area contributed by atoms with E-state index in [9.17, 15) is 26.0 Å². The van der Waals surface area contributed by atoms with Gasteiger partial charge in [-0.2, -0.15) is 18.3 Å². The molecule has 2 aromatic rings. The average molecular weight is 426 g/mol. The molecular formula is C16H16ClF4N3O2S. The van der Waals surface area contributed by atoms with E-state index in [1.165, 1.54) is 4.68 Å². The molecule has 1 aliphatic rings. The van der Waals surface area contributed by atoms with E-state index >= 15 is 0 Å². The molecule has 0 saturated carbocycles. The number of nitrogens with zero attached hydrogens (tertiary/aromatic N) is 2. The van der Waals surface area contributed by atoms with Gasteiger partial charge in [-0.25, -0.2) is 17.5 Å². The summed E-state index contributed by atoms with van der Waals surface area (Å²) in [5.74, 6) is -0.751. The van der Waals surface area contributed by atoms with Gasteiger partial charge in [-0.3, -0.25) is 4.68 Å². The molecule has 1 aromatic carbocycles. The third-order valence-electron chi connectivity index (χ3n) is 4.34. The SMILES string of the molecule is O=S(=O)(NCCn1nc(C(F)(F)F)c2c1CCCC2)c1ccc(F)c(Cl)c1. The van der Waals surface area contributed by atoms with Crippen LogP contribution < -0.4 is 4.72 Å². The number of fused-ring (bicyclic) bond motifs is 1. The maximum absolute atomic E-state index is 13.2. The van der Waals surface area contributed by atoms with Crippen molar-refractivity contribution < 1.29 is 26.0 Å². The van der Waals surface area contributed by atoms with Crippen LogP contribution in [0.4, 0.5) is 17.6 Å². The van der Waals surface area contributed by atoms with Gasteiger partial charge in [0.15, 0.2) is 5.69 Å². The molecule has 1 heterocycles. The van der Waals surface area contributed by atoms with Gasteiger partial charge in [0.05, 0.1) is 16.5 Å². The normalized spacial score (nSPS) is 15.0. The minimum Gasteiger partial charge on any atom is -0.267 e. The molecular weight excluding hydrogens is 410 g/mol. The predicted octanol–water partition coefficient (Wildman–Crippen LogP) is 3.55. The number of benzene rings is 1. The van der Waals surface area contributed by atoms with Gasteiger partial charge in [0.25, 0.3) is 0 Å². The Morgan fingerprint density at radius 1 is 1.22 bits per heavy atom. The fourth-order valence-electron chi connectivity index (χ4n) is 3.10. The largest absolute Gasteiger partial charge is 0.435 e. The summed E-state index contributed by atoms with van der Waals surface area (Å²) >= 11 is 5.59. The monoisotopic (exact) mass is 425 g/mol. The van der Waals surface area contributed by atoms with Crippen LogP contribution in [0.1, 0.15) is 29.8 Å². The number of aromatic nitrogens is 2. The van der Waals surface area contributed by atoms with Crippen molar-refractivity contribution in [2.45, 2.75) is 43.3 Å². The molecule has 27 heavy (non-hydrogen) atoms. The molecule has 0 spiro atoms. The van der Waals surface area contributed by atoms with Crippen molar-refractivity contribution in [3.05, 3.63) is 46.0 Å². The lowest BCUT2D eigenvalue weighted by atomic mass is 9.95. The second-order valence-electron chi connectivity index (χ2n) is 6.18. The van der Waals surface area contributed by atoms with Crippen LogP contribution in [0.15, 0.2) is 23.1 Å². The number of alkyl halides is 3. The number of halogens is 5. The van der Waals surface area contributed by atoms with E-state index in [2.05, 4.69) is 9.82 Å². The molecule has 1 aromatic heterocycles. The van der Waals surface area contributed by atoms with Gasteiger partial charge in [-0.1, -0.05) is 11.6 Å². The van der Waals surface area contributed by atoms with Crippen LogP contribution in [0.25, 0.3) is 0 Å². The van der Waals surface area contributed by atoms with Gasteiger partial charge < -0.3 is 0 Å².